The fourth-order valence-electron chi connectivity index (χ4n) is 2.81. The van der Waals surface area contributed by atoms with Crippen molar-refractivity contribution >= 4 is 11.9 Å². The quantitative estimate of drug-likeness (QED) is 0.909. The van der Waals surface area contributed by atoms with E-state index in [1.807, 2.05) is 10.9 Å². The van der Waals surface area contributed by atoms with Crippen LogP contribution in [0.15, 0.2) is 12.4 Å². The van der Waals surface area contributed by atoms with Gasteiger partial charge < -0.3 is 10.0 Å². The van der Waals surface area contributed by atoms with Crippen LogP contribution >= 0.6 is 0 Å². The van der Waals surface area contributed by atoms with Crippen molar-refractivity contribution in [2.45, 2.75) is 38.1 Å². The Labute approximate surface area is 117 Å². The lowest BCUT2D eigenvalue weighted by Gasteiger charge is -2.29. The number of carboxylic acids is 1. The van der Waals surface area contributed by atoms with E-state index in [-0.39, 0.29) is 11.8 Å². The number of carbonyl (C=O) groups is 2. The van der Waals surface area contributed by atoms with Gasteiger partial charge in [0.05, 0.1) is 23.7 Å². The smallest absolute Gasteiger partial charge is 0.306 e. The summed E-state index contributed by atoms with van der Waals surface area (Å²) >= 11 is 0. The summed E-state index contributed by atoms with van der Waals surface area (Å²) in [5, 5.41) is 13.2. The normalized spacial score (nSPS) is 20.7. The van der Waals surface area contributed by atoms with E-state index in [2.05, 4.69) is 5.10 Å². The van der Waals surface area contributed by atoms with Gasteiger partial charge in [-0.2, -0.15) is 5.10 Å². The SMILES string of the molecule is O=C(O)C1CCN(C(=O)c2cnn(C3CCC3)c2)CC1. The van der Waals surface area contributed by atoms with E-state index in [4.69, 9.17) is 5.11 Å². The minimum atomic E-state index is -0.755. The molecule has 20 heavy (non-hydrogen) atoms. The summed E-state index contributed by atoms with van der Waals surface area (Å²) in [6, 6.07) is 0.453. The minimum absolute atomic E-state index is 0.0283. The number of aliphatic carboxylic acids is 1. The maximum Gasteiger partial charge on any atom is 0.306 e. The molecule has 1 N–H and O–H groups in total. The Balaban J connectivity index is 1.61. The molecule has 0 unspecified atom stereocenters. The number of amides is 1. The zero-order valence-corrected chi connectivity index (χ0v) is 11.4. The Bertz CT molecular complexity index is 513. The molecule has 0 radical (unpaired) electrons. The first-order valence-corrected chi connectivity index (χ1v) is 7.21. The maximum absolute atomic E-state index is 12.3. The number of carbonyl (C=O) groups excluding carboxylic acids is 1. The van der Waals surface area contributed by atoms with Crippen LogP contribution in [0.2, 0.25) is 0 Å². The number of likely N-dealkylation sites (tertiary alicyclic amines) is 1. The summed E-state index contributed by atoms with van der Waals surface area (Å²) in [6.07, 6.45) is 8.05. The molecule has 0 aromatic carbocycles. The van der Waals surface area contributed by atoms with Gasteiger partial charge in [0, 0.05) is 19.3 Å². The number of hydrogen-bond acceptors (Lipinski definition) is 3. The predicted octanol–water partition coefficient (Wildman–Crippen LogP) is 1.54. The van der Waals surface area contributed by atoms with Crippen LogP contribution in [0.5, 0.6) is 0 Å². The molecule has 6 heteroatoms. The standard InChI is InChI=1S/C14H19N3O3/c18-13(16-6-4-10(5-7-16)14(19)20)11-8-15-17(9-11)12-2-1-3-12/h8-10,12H,1-7H2,(H,19,20). The van der Waals surface area contributed by atoms with Gasteiger partial charge in [0.25, 0.3) is 5.91 Å². The first kappa shape index (κ1) is 13.1. The highest BCUT2D eigenvalue weighted by molar-refractivity contribution is 5.93. The summed E-state index contributed by atoms with van der Waals surface area (Å²) in [7, 11) is 0. The first-order chi connectivity index (χ1) is 9.65. The molecule has 2 aliphatic rings. The van der Waals surface area contributed by atoms with Crippen molar-refractivity contribution in [1.29, 1.82) is 0 Å². The van der Waals surface area contributed by atoms with Crippen molar-refractivity contribution in [2.24, 2.45) is 5.92 Å². The Morgan fingerprint density at radius 3 is 2.45 bits per heavy atom. The highest BCUT2D eigenvalue weighted by Gasteiger charge is 2.28. The van der Waals surface area contributed by atoms with Crippen LogP contribution in [0.4, 0.5) is 0 Å². The van der Waals surface area contributed by atoms with Crippen LogP contribution in [0.25, 0.3) is 0 Å². The Kier molecular flexibility index (Phi) is 3.46. The number of hydrogen-bond donors (Lipinski definition) is 1. The average molecular weight is 277 g/mol. The molecule has 108 valence electrons. The molecule has 2 heterocycles. The van der Waals surface area contributed by atoms with Gasteiger partial charge in [-0.25, -0.2) is 0 Å². The van der Waals surface area contributed by atoms with Crippen LogP contribution in [-0.2, 0) is 4.79 Å². The van der Waals surface area contributed by atoms with Gasteiger partial charge in [0.2, 0.25) is 0 Å². The van der Waals surface area contributed by atoms with E-state index in [1.165, 1.54) is 6.42 Å². The molecule has 1 aliphatic carbocycles. The summed E-state index contributed by atoms with van der Waals surface area (Å²) in [5.41, 5.74) is 0.616. The fourth-order valence-corrected chi connectivity index (χ4v) is 2.81. The highest BCUT2D eigenvalue weighted by Crippen LogP contribution is 2.31. The van der Waals surface area contributed by atoms with Crippen molar-refractivity contribution in [2.75, 3.05) is 13.1 Å². The molecule has 1 aliphatic heterocycles. The molecule has 1 saturated heterocycles. The molecule has 3 rings (SSSR count). The van der Waals surface area contributed by atoms with Gasteiger partial charge >= 0.3 is 5.97 Å². The van der Waals surface area contributed by atoms with E-state index >= 15 is 0 Å². The summed E-state index contributed by atoms with van der Waals surface area (Å²) in [5.74, 6) is -1.09. The molecule has 6 nitrogen and oxygen atoms in total. The van der Waals surface area contributed by atoms with Crippen molar-refractivity contribution in [1.82, 2.24) is 14.7 Å². The molecule has 1 amide bonds. The summed E-state index contributed by atoms with van der Waals surface area (Å²) in [4.78, 5) is 25.0. The van der Waals surface area contributed by atoms with Crippen LogP contribution < -0.4 is 0 Å². The second-order valence-electron chi connectivity index (χ2n) is 5.70. The van der Waals surface area contributed by atoms with Gasteiger partial charge in [-0.05, 0) is 32.1 Å². The Morgan fingerprint density at radius 2 is 1.90 bits per heavy atom. The second-order valence-corrected chi connectivity index (χ2v) is 5.70. The van der Waals surface area contributed by atoms with Crippen molar-refractivity contribution < 1.29 is 14.7 Å². The zero-order chi connectivity index (χ0) is 14.1. The molecule has 0 atom stereocenters. The molecule has 2 fully saturated rings. The third-order valence-corrected chi connectivity index (χ3v) is 4.43. The lowest BCUT2D eigenvalue weighted by molar-refractivity contribution is -0.143. The number of piperidine rings is 1. The van der Waals surface area contributed by atoms with Gasteiger partial charge in [0.15, 0.2) is 0 Å². The molecule has 1 aromatic heterocycles. The first-order valence-electron chi connectivity index (χ1n) is 7.21. The summed E-state index contributed by atoms with van der Waals surface area (Å²) < 4.78 is 1.89. The molecular formula is C14H19N3O3. The predicted molar refractivity (Wildman–Crippen MR) is 71.4 cm³/mol. The maximum atomic E-state index is 12.3. The molecule has 0 spiro atoms. The summed E-state index contributed by atoms with van der Waals surface area (Å²) in [6.45, 7) is 1.04. The Morgan fingerprint density at radius 1 is 1.20 bits per heavy atom. The van der Waals surface area contributed by atoms with E-state index < -0.39 is 5.97 Å². The van der Waals surface area contributed by atoms with Gasteiger partial charge in [-0.1, -0.05) is 0 Å². The lowest BCUT2D eigenvalue weighted by atomic mass is 9.93. The minimum Gasteiger partial charge on any atom is -0.481 e. The lowest BCUT2D eigenvalue weighted by Crippen LogP contribution is -2.40. The van der Waals surface area contributed by atoms with Crippen molar-refractivity contribution in [3.05, 3.63) is 18.0 Å². The van der Waals surface area contributed by atoms with Crippen molar-refractivity contribution in [3.63, 3.8) is 0 Å². The molecule has 0 bridgehead atoms. The van der Waals surface area contributed by atoms with Crippen molar-refractivity contribution in [3.8, 4) is 0 Å². The number of carboxylic acid groups (broad SMARTS) is 1. The molecular weight excluding hydrogens is 258 g/mol. The number of nitrogens with zero attached hydrogens (tertiary/aromatic N) is 3. The molecule has 1 saturated carbocycles. The second kappa shape index (κ2) is 5.26. The average Bonchev–Trinajstić information content (AvgIpc) is 2.85. The largest absolute Gasteiger partial charge is 0.481 e. The number of aromatic nitrogens is 2. The van der Waals surface area contributed by atoms with Gasteiger partial charge in [-0.15, -0.1) is 0 Å². The third-order valence-electron chi connectivity index (χ3n) is 4.43. The third kappa shape index (κ3) is 2.42. The van der Waals surface area contributed by atoms with E-state index in [9.17, 15) is 9.59 Å². The van der Waals surface area contributed by atoms with Crippen LogP contribution in [0.1, 0.15) is 48.5 Å². The zero-order valence-electron chi connectivity index (χ0n) is 11.4. The fraction of sp³-hybridized carbons (Fsp3) is 0.643. The topological polar surface area (TPSA) is 75.4 Å². The monoisotopic (exact) mass is 277 g/mol. The van der Waals surface area contributed by atoms with Crippen LogP contribution in [0, 0.1) is 5.92 Å². The highest BCUT2D eigenvalue weighted by atomic mass is 16.4. The van der Waals surface area contributed by atoms with Gasteiger partial charge in [-0.3, -0.25) is 14.3 Å². The number of rotatable bonds is 3. The van der Waals surface area contributed by atoms with Crippen LogP contribution in [0.3, 0.4) is 0 Å². The van der Waals surface area contributed by atoms with E-state index in [1.54, 1.807) is 11.1 Å². The van der Waals surface area contributed by atoms with E-state index in [0.29, 0.717) is 37.5 Å². The Hall–Kier alpha value is -1.85. The van der Waals surface area contributed by atoms with E-state index in [0.717, 1.165) is 12.8 Å². The van der Waals surface area contributed by atoms with Gasteiger partial charge in [0.1, 0.15) is 0 Å². The molecule has 1 aromatic rings. The van der Waals surface area contributed by atoms with Crippen LogP contribution in [-0.4, -0.2) is 44.8 Å².